The van der Waals surface area contributed by atoms with Crippen molar-refractivity contribution in [1.82, 2.24) is 4.90 Å². The Morgan fingerprint density at radius 3 is 2.76 bits per heavy atom. The van der Waals surface area contributed by atoms with Crippen LogP contribution in [0.25, 0.3) is 0 Å². The molecule has 1 fully saturated rings. The van der Waals surface area contributed by atoms with Gasteiger partial charge in [-0.1, -0.05) is 18.5 Å². The van der Waals surface area contributed by atoms with Gasteiger partial charge in [0.15, 0.2) is 0 Å². The van der Waals surface area contributed by atoms with Gasteiger partial charge in [-0.3, -0.25) is 0 Å². The molecule has 2 unspecified atom stereocenters. The van der Waals surface area contributed by atoms with E-state index < -0.39 is 18.1 Å². The Hall–Kier alpha value is -1.79. The lowest BCUT2D eigenvalue weighted by Crippen LogP contribution is -2.47. The van der Waals surface area contributed by atoms with Crippen molar-refractivity contribution in [2.45, 2.75) is 19.4 Å². The third-order valence-electron chi connectivity index (χ3n) is 3.66. The fourth-order valence-corrected chi connectivity index (χ4v) is 2.35. The minimum atomic E-state index is -1.09. The fourth-order valence-electron chi connectivity index (χ4n) is 2.18. The molecule has 1 aliphatic heterocycles. The monoisotopic (exact) mass is 312 g/mol. The summed E-state index contributed by atoms with van der Waals surface area (Å²) in [7, 11) is 0. The van der Waals surface area contributed by atoms with Gasteiger partial charge in [0.05, 0.1) is 22.4 Å². The number of halogens is 1. The van der Waals surface area contributed by atoms with E-state index in [1.54, 1.807) is 0 Å². The van der Waals surface area contributed by atoms with E-state index in [0.717, 1.165) is 6.42 Å². The average molecular weight is 313 g/mol. The highest BCUT2D eigenvalue weighted by Gasteiger charge is 2.27. The van der Waals surface area contributed by atoms with E-state index in [9.17, 15) is 14.7 Å². The molecule has 0 spiro atoms. The molecule has 1 aromatic carbocycles. The highest BCUT2D eigenvalue weighted by molar-refractivity contribution is 6.33. The second-order valence-electron chi connectivity index (χ2n) is 5.21. The molecule has 114 valence electrons. The number of carbonyl (C=O) groups excluding carboxylic acids is 1. The molecule has 2 rings (SSSR count). The molecule has 0 aromatic heterocycles. The van der Waals surface area contributed by atoms with Crippen LogP contribution in [-0.4, -0.2) is 46.3 Å². The van der Waals surface area contributed by atoms with Crippen molar-refractivity contribution in [2.24, 2.45) is 5.92 Å². The van der Waals surface area contributed by atoms with Gasteiger partial charge in [-0.2, -0.15) is 0 Å². The minimum Gasteiger partial charge on any atom is -0.478 e. The van der Waals surface area contributed by atoms with Gasteiger partial charge in [-0.15, -0.1) is 0 Å². The van der Waals surface area contributed by atoms with Gasteiger partial charge in [-0.05, 0) is 30.5 Å². The molecule has 2 atom stereocenters. The first kappa shape index (κ1) is 15.6. The smallest absolute Gasteiger partial charge is 0.335 e. The number of rotatable bonds is 2. The molecule has 0 saturated carbocycles. The maximum absolute atomic E-state index is 12.2. The first-order chi connectivity index (χ1) is 9.88. The van der Waals surface area contributed by atoms with Crippen LogP contribution in [0.5, 0.6) is 0 Å². The van der Waals surface area contributed by atoms with Crippen molar-refractivity contribution in [3.63, 3.8) is 0 Å². The molecule has 0 aliphatic carbocycles. The second-order valence-corrected chi connectivity index (χ2v) is 5.62. The third-order valence-corrected chi connectivity index (χ3v) is 3.99. The Bertz CT molecular complexity index is 564. The molecule has 7 heteroatoms. The van der Waals surface area contributed by atoms with Gasteiger partial charge < -0.3 is 20.4 Å². The van der Waals surface area contributed by atoms with Crippen LogP contribution in [0, 0.1) is 5.92 Å². The number of piperidine rings is 1. The molecule has 3 N–H and O–H groups in total. The normalized spacial score (nSPS) is 22.0. The van der Waals surface area contributed by atoms with Crippen LogP contribution in [0.2, 0.25) is 5.02 Å². The number of nitrogens with one attached hydrogen (secondary N) is 1. The Kier molecular flexibility index (Phi) is 4.69. The van der Waals surface area contributed by atoms with Gasteiger partial charge >= 0.3 is 12.0 Å². The standard InChI is InChI=1S/C14H17ClN2O4/c1-8-4-5-17(7-12(8)18)14(21)16-11-6-9(13(19)20)2-3-10(11)15/h2-3,6,8,12,18H,4-5,7H2,1H3,(H,16,21)(H,19,20). The number of β-amino-alcohol motifs (C(OH)–C–C–N with tert-alkyl or cyclic N) is 1. The molecule has 2 amide bonds. The van der Waals surface area contributed by atoms with Crippen LogP contribution in [0.15, 0.2) is 18.2 Å². The SMILES string of the molecule is CC1CCN(C(=O)Nc2cc(C(=O)O)ccc2Cl)CC1O. The van der Waals surface area contributed by atoms with Gasteiger partial charge in [0, 0.05) is 13.1 Å². The Balaban J connectivity index is 2.09. The van der Waals surface area contributed by atoms with Crippen LogP contribution in [-0.2, 0) is 0 Å². The van der Waals surface area contributed by atoms with E-state index in [4.69, 9.17) is 16.7 Å². The van der Waals surface area contributed by atoms with Crippen molar-refractivity contribution >= 4 is 29.3 Å². The summed E-state index contributed by atoms with van der Waals surface area (Å²) in [6.45, 7) is 2.73. The summed E-state index contributed by atoms with van der Waals surface area (Å²) in [5.41, 5.74) is 0.289. The number of hydrogen-bond donors (Lipinski definition) is 3. The summed E-state index contributed by atoms with van der Waals surface area (Å²) in [5, 5.41) is 21.6. The molecule has 1 saturated heterocycles. The number of aliphatic hydroxyl groups is 1. The molecule has 1 heterocycles. The highest BCUT2D eigenvalue weighted by atomic mass is 35.5. The Labute approximate surface area is 127 Å². The van der Waals surface area contributed by atoms with Crippen molar-refractivity contribution < 1.29 is 19.8 Å². The van der Waals surface area contributed by atoms with E-state index in [-0.39, 0.29) is 28.7 Å². The molecule has 1 aliphatic rings. The number of carboxylic acids is 1. The number of nitrogens with zero attached hydrogens (tertiary/aromatic N) is 1. The van der Waals surface area contributed by atoms with Crippen molar-refractivity contribution in [3.8, 4) is 0 Å². The number of anilines is 1. The Morgan fingerprint density at radius 2 is 2.14 bits per heavy atom. The van der Waals surface area contributed by atoms with Crippen molar-refractivity contribution in [3.05, 3.63) is 28.8 Å². The summed E-state index contributed by atoms with van der Waals surface area (Å²) in [6.07, 6.45) is 0.169. The van der Waals surface area contributed by atoms with E-state index in [1.165, 1.54) is 23.1 Å². The molecule has 0 radical (unpaired) electrons. The molecule has 1 aromatic rings. The van der Waals surface area contributed by atoms with Gasteiger partial charge in [0.25, 0.3) is 0 Å². The van der Waals surface area contributed by atoms with Gasteiger partial charge in [-0.25, -0.2) is 9.59 Å². The number of aliphatic hydroxyl groups excluding tert-OH is 1. The zero-order valence-electron chi connectivity index (χ0n) is 11.5. The van der Waals surface area contributed by atoms with E-state index in [2.05, 4.69) is 5.32 Å². The number of likely N-dealkylation sites (tertiary alicyclic amines) is 1. The number of carboxylic acid groups (broad SMARTS) is 1. The molecular weight excluding hydrogens is 296 g/mol. The molecule has 0 bridgehead atoms. The second kappa shape index (κ2) is 6.32. The zero-order valence-corrected chi connectivity index (χ0v) is 12.3. The van der Waals surface area contributed by atoms with Crippen molar-refractivity contribution in [2.75, 3.05) is 18.4 Å². The third kappa shape index (κ3) is 3.65. The maximum Gasteiger partial charge on any atom is 0.335 e. The lowest BCUT2D eigenvalue weighted by atomic mass is 9.96. The summed E-state index contributed by atoms with van der Waals surface area (Å²) in [4.78, 5) is 24.6. The predicted octanol–water partition coefficient (Wildman–Crippen LogP) is 2.27. The average Bonchev–Trinajstić information content (AvgIpc) is 2.43. The van der Waals surface area contributed by atoms with Gasteiger partial charge in [0.1, 0.15) is 0 Å². The number of carbonyl (C=O) groups is 2. The summed E-state index contributed by atoms with van der Waals surface area (Å²) in [6, 6.07) is 3.71. The van der Waals surface area contributed by atoms with Crippen LogP contribution in [0.1, 0.15) is 23.7 Å². The number of benzene rings is 1. The first-order valence-electron chi connectivity index (χ1n) is 6.65. The van der Waals surface area contributed by atoms with Crippen molar-refractivity contribution in [1.29, 1.82) is 0 Å². The largest absolute Gasteiger partial charge is 0.478 e. The zero-order chi connectivity index (χ0) is 15.6. The van der Waals surface area contributed by atoms with E-state index >= 15 is 0 Å². The maximum atomic E-state index is 12.2. The lowest BCUT2D eigenvalue weighted by molar-refractivity contribution is 0.0464. The molecule has 6 nitrogen and oxygen atoms in total. The number of hydrogen-bond acceptors (Lipinski definition) is 3. The topological polar surface area (TPSA) is 89.9 Å². The van der Waals surface area contributed by atoms with Crippen LogP contribution in [0.3, 0.4) is 0 Å². The number of amides is 2. The predicted molar refractivity (Wildman–Crippen MR) is 78.8 cm³/mol. The first-order valence-corrected chi connectivity index (χ1v) is 7.03. The minimum absolute atomic E-state index is 0.0435. The summed E-state index contributed by atoms with van der Waals surface area (Å²) >= 11 is 5.96. The summed E-state index contributed by atoms with van der Waals surface area (Å²) < 4.78 is 0. The number of urea groups is 1. The lowest BCUT2D eigenvalue weighted by Gasteiger charge is -2.34. The molecular formula is C14H17ClN2O4. The van der Waals surface area contributed by atoms with Crippen LogP contribution < -0.4 is 5.32 Å². The van der Waals surface area contributed by atoms with E-state index in [0.29, 0.717) is 6.54 Å². The summed E-state index contributed by atoms with van der Waals surface area (Å²) in [5.74, 6) is -0.933. The van der Waals surface area contributed by atoms with Crippen LogP contribution >= 0.6 is 11.6 Å². The Morgan fingerprint density at radius 1 is 1.43 bits per heavy atom. The highest BCUT2D eigenvalue weighted by Crippen LogP contribution is 2.24. The molecule has 21 heavy (non-hydrogen) atoms. The van der Waals surface area contributed by atoms with Crippen LogP contribution in [0.4, 0.5) is 10.5 Å². The van der Waals surface area contributed by atoms with Gasteiger partial charge in [0.2, 0.25) is 0 Å². The fraction of sp³-hybridized carbons (Fsp3) is 0.429. The quantitative estimate of drug-likeness (QED) is 0.781. The van der Waals surface area contributed by atoms with E-state index in [1.807, 2.05) is 6.92 Å². The number of aromatic carboxylic acids is 1.